The van der Waals surface area contributed by atoms with Crippen molar-refractivity contribution in [1.29, 1.82) is 0 Å². The molecule has 0 spiro atoms. The van der Waals surface area contributed by atoms with E-state index in [1.54, 1.807) is 22.5 Å². The number of fused-ring (bicyclic) bond motifs is 2. The molecule has 0 unspecified atom stereocenters. The summed E-state index contributed by atoms with van der Waals surface area (Å²) in [6, 6.07) is 9.51. The number of aryl methyl sites for hydroxylation is 1. The standard InChI is InChI=1S/C22H27N3O3S/c1-16-12-20(4-8-23-16)24-9-5-18-14-25(15-19(18)6-10-24)29(26,27)21-2-3-22-17(13-21)7-11-28-22/h2-4,8,12-13,18-19H,5-7,9-11,14-15H2,1H3/t18-,19+. The minimum absolute atomic E-state index is 0.409. The molecule has 0 N–H and O–H groups in total. The number of hydrogen-bond acceptors (Lipinski definition) is 5. The number of nitrogens with zero attached hydrogens (tertiary/aromatic N) is 3. The van der Waals surface area contributed by atoms with Crippen molar-refractivity contribution < 1.29 is 13.2 Å². The predicted octanol–water partition coefficient (Wildman–Crippen LogP) is 2.86. The zero-order valence-corrected chi connectivity index (χ0v) is 17.6. The fraction of sp³-hybridized carbons (Fsp3) is 0.500. The number of sulfonamides is 1. The summed E-state index contributed by atoms with van der Waals surface area (Å²) < 4.78 is 33.7. The lowest BCUT2D eigenvalue weighted by atomic mass is 9.92. The van der Waals surface area contributed by atoms with E-state index in [1.165, 1.54) is 5.69 Å². The molecule has 2 fully saturated rings. The van der Waals surface area contributed by atoms with Crippen molar-refractivity contribution in [3.05, 3.63) is 47.8 Å². The van der Waals surface area contributed by atoms with Crippen molar-refractivity contribution >= 4 is 15.7 Å². The highest BCUT2D eigenvalue weighted by Gasteiger charge is 2.40. The normalized spacial score (nSPS) is 24.7. The Morgan fingerprint density at radius 3 is 2.55 bits per heavy atom. The molecule has 1 aromatic carbocycles. The molecular weight excluding hydrogens is 386 g/mol. The minimum Gasteiger partial charge on any atom is -0.493 e. The van der Waals surface area contributed by atoms with Crippen molar-refractivity contribution in [2.24, 2.45) is 11.8 Å². The molecule has 1 aromatic heterocycles. The Bertz CT molecular complexity index is 1010. The first-order chi connectivity index (χ1) is 14.0. The van der Waals surface area contributed by atoms with Crippen molar-refractivity contribution in [2.45, 2.75) is 31.1 Å². The Morgan fingerprint density at radius 1 is 1.07 bits per heavy atom. The monoisotopic (exact) mass is 413 g/mol. The third kappa shape index (κ3) is 3.51. The number of aromatic nitrogens is 1. The number of hydrogen-bond donors (Lipinski definition) is 0. The molecule has 3 aliphatic heterocycles. The van der Waals surface area contributed by atoms with Crippen LogP contribution in [0, 0.1) is 18.8 Å². The molecule has 0 aliphatic carbocycles. The van der Waals surface area contributed by atoms with Gasteiger partial charge >= 0.3 is 0 Å². The summed E-state index contributed by atoms with van der Waals surface area (Å²) in [4.78, 5) is 7.13. The summed E-state index contributed by atoms with van der Waals surface area (Å²) in [5, 5.41) is 0. The van der Waals surface area contributed by atoms with Crippen LogP contribution in [0.25, 0.3) is 0 Å². The second-order valence-corrected chi connectivity index (χ2v) is 10.4. The molecule has 2 saturated heterocycles. The zero-order chi connectivity index (χ0) is 20.0. The Hall–Kier alpha value is -2.12. The van der Waals surface area contributed by atoms with Gasteiger partial charge in [0.05, 0.1) is 11.5 Å². The molecule has 154 valence electrons. The maximum absolute atomic E-state index is 13.3. The van der Waals surface area contributed by atoms with E-state index in [4.69, 9.17) is 4.74 Å². The van der Waals surface area contributed by atoms with Crippen molar-refractivity contribution in [3.8, 4) is 5.75 Å². The van der Waals surface area contributed by atoms with Gasteiger partial charge in [-0.2, -0.15) is 4.31 Å². The SMILES string of the molecule is Cc1cc(N2CC[C@@H]3CN(S(=O)(=O)c4ccc5c(c4)CCO5)C[C@@H]3CC2)ccn1. The van der Waals surface area contributed by atoms with E-state index in [-0.39, 0.29) is 0 Å². The van der Waals surface area contributed by atoms with E-state index in [0.29, 0.717) is 36.4 Å². The molecular formula is C22H27N3O3S. The molecule has 5 rings (SSSR count). The van der Waals surface area contributed by atoms with Crippen LogP contribution in [0.4, 0.5) is 5.69 Å². The highest BCUT2D eigenvalue weighted by Crippen LogP contribution is 2.37. The van der Waals surface area contributed by atoms with E-state index in [1.807, 2.05) is 13.1 Å². The van der Waals surface area contributed by atoms with Gasteiger partial charge in [-0.15, -0.1) is 0 Å². The van der Waals surface area contributed by atoms with Crippen LogP contribution in [0.3, 0.4) is 0 Å². The molecule has 6 nitrogen and oxygen atoms in total. The highest BCUT2D eigenvalue weighted by atomic mass is 32.2. The summed E-state index contributed by atoms with van der Waals surface area (Å²) in [5.74, 6) is 1.67. The fourth-order valence-corrected chi connectivity index (χ4v) is 6.56. The van der Waals surface area contributed by atoms with Crippen LogP contribution in [0.15, 0.2) is 41.4 Å². The average Bonchev–Trinajstić information content (AvgIpc) is 3.30. The van der Waals surface area contributed by atoms with Gasteiger partial charge in [0.2, 0.25) is 10.0 Å². The van der Waals surface area contributed by atoms with Gasteiger partial charge in [0, 0.05) is 50.2 Å². The number of ether oxygens (including phenoxy) is 1. The number of anilines is 1. The minimum atomic E-state index is -3.45. The molecule has 0 bridgehead atoms. The highest BCUT2D eigenvalue weighted by molar-refractivity contribution is 7.89. The summed E-state index contributed by atoms with van der Waals surface area (Å²) in [6.07, 6.45) is 4.70. The Labute approximate surface area is 172 Å². The predicted molar refractivity (Wildman–Crippen MR) is 112 cm³/mol. The maximum Gasteiger partial charge on any atom is 0.243 e. The quantitative estimate of drug-likeness (QED) is 0.774. The van der Waals surface area contributed by atoms with Crippen LogP contribution >= 0.6 is 0 Å². The van der Waals surface area contributed by atoms with Crippen LogP contribution < -0.4 is 9.64 Å². The molecule has 2 atom stereocenters. The molecule has 3 aliphatic rings. The third-order valence-corrected chi connectivity index (χ3v) is 8.45. The number of rotatable bonds is 3. The molecule has 7 heteroatoms. The van der Waals surface area contributed by atoms with Gasteiger partial charge in [0.25, 0.3) is 0 Å². The van der Waals surface area contributed by atoms with Gasteiger partial charge < -0.3 is 9.64 Å². The second kappa shape index (κ2) is 7.29. The molecule has 0 radical (unpaired) electrons. The first kappa shape index (κ1) is 18.9. The second-order valence-electron chi connectivity index (χ2n) is 8.43. The van der Waals surface area contributed by atoms with E-state index >= 15 is 0 Å². The smallest absolute Gasteiger partial charge is 0.243 e. The van der Waals surface area contributed by atoms with Crippen LogP contribution in [0.2, 0.25) is 0 Å². The van der Waals surface area contributed by atoms with Crippen molar-refractivity contribution in [2.75, 3.05) is 37.7 Å². The third-order valence-electron chi connectivity index (χ3n) is 6.63. The number of pyridine rings is 1. The fourth-order valence-electron chi connectivity index (χ4n) is 4.96. The van der Waals surface area contributed by atoms with Crippen molar-refractivity contribution in [1.82, 2.24) is 9.29 Å². The van der Waals surface area contributed by atoms with Crippen LogP contribution in [-0.2, 0) is 16.4 Å². The lowest BCUT2D eigenvalue weighted by Crippen LogP contribution is -2.31. The van der Waals surface area contributed by atoms with Crippen LogP contribution in [-0.4, -0.2) is 50.5 Å². The van der Waals surface area contributed by atoms with Gasteiger partial charge in [-0.25, -0.2) is 8.42 Å². The lowest BCUT2D eigenvalue weighted by Gasteiger charge is -2.24. The van der Waals surface area contributed by atoms with Gasteiger partial charge in [-0.3, -0.25) is 4.98 Å². The van der Waals surface area contributed by atoms with Gasteiger partial charge in [-0.1, -0.05) is 0 Å². The summed E-state index contributed by atoms with van der Waals surface area (Å²) >= 11 is 0. The molecule has 4 heterocycles. The van der Waals surface area contributed by atoms with E-state index in [2.05, 4.69) is 22.0 Å². The van der Waals surface area contributed by atoms with Gasteiger partial charge in [-0.05, 0) is 67.5 Å². The van der Waals surface area contributed by atoms with E-state index < -0.39 is 10.0 Å². The maximum atomic E-state index is 13.3. The van der Waals surface area contributed by atoms with Crippen LogP contribution in [0.5, 0.6) is 5.75 Å². The summed E-state index contributed by atoms with van der Waals surface area (Å²) in [7, 11) is -3.45. The average molecular weight is 414 g/mol. The lowest BCUT2D eigenvalue weighted by molar-refractivity contribution is 0.356. The summed E-state index contributed by atoms with van der Waals surface area (Å²) in [6.45, 7) is 5.85. The van der Waals surface area contributed by atoms with Gasteiger partial charge in [0.15, 0.2) is 0 Å². The molecule has 29 heavy (non-hydrogen) atoms. The Morgan fingerprint density at radius 2 is 1.83 bits per heavy atom. The molecule has 0 saturated carbocycles. The first-order valence-electron chi connectivity index (χ1n) is 10.4. The van der Waals surface area contributed by atoms with Crippen LogP contribution in [0.1, 0.15) is 24.1 Å². The largest absolute Gasteiger partial charge is 0.493 e. The van der Waals surface area contributed by atoms with Gasteiger partial charge in [0.1, 0.15) is 5.75 Å². The Balaban J connectivity index is 1.30. The first-order valence-corrected chi connectivity index (χ1v) is 11.9. The summed E-state index contributed by atoms with van der Waals surface area (Å²) in [5.41, 5.74) is 3.26. The Kier molecular flexibility index (Phi) is 4.75. The topological polar surface area (TPSA) is 62.7 Å². The molecule has 0 amide bonds. The zero-order valence-electron chi connectivity index (χ0n) is 16.8. The number of benzene rings is 1. The molecule has 2 aromatic rings. The van der Waals surface area contributed by atoms with E-state index in [0.717, 1.165) is 49.4 Å². The van der Waals surface area contributed by atoms with Crippen molar-refractivity contribution in [3.63, 3.8) is 0 Å². The van der Waals surface area contributed by atoms with E-state index in [9.17, 15) is 8.42 Å².